The fourth-order valence-corrected chi connectivity index (χ4v) is 3.80. The van der Waals surface area contributed by atoms with Crippen LogP contribution in [0.4, 0.5) is 23.2 Å². The quantitative estimate of drug-likeness (QED) is 0.0421. The van der Waals surface area contributed by atoms with Gasteiger partial charge in [0.2, 0.25) is 11.6 Å². The topological polar surface area (TPSA) is 78.7 Å². The number of nitro benzene ring substituents is 1. The number of esters is 1. The third-order valence-electron chi connectivity index (χ3n) is 5.88. The average Bonchev–Trinajstić information content (AvgIpc) is 2.91. The molecule has 6 nitrogen and oxygen atoms in total. The number of hydrogen-bond acceptors (Lipinski definition) is 5. The van der Waals surface area contributed by atoms with Crippen LogP contribution < -0.4 is 9.47 Å². The Bertz CT molecular complexity index is 1230. The molecule has 3 aromatic carbocycles. The van der Waals surface area contributed by atoms with Crippen molar-refractivity contribution in [1.82, 2.24) is 0 Å². The molecule has 0 aromatic heterocycles. The first kappa shape index (κ1) is 28.6. The molecule has 0 saturated heterocycles. The van der Waals surface area contributed by atoms with Gasteiger partial charge in [-0.05, 0) is 36.2 Å². The van der Waals surface area contributed by atoms with Crippen molar-refractivity contribution in [2.45, 2.75) is 51.9 Å². The van der Waals surface area contributed by atoms with Crippen molar-refractivity contribution in [2.24, 2.45) is 0 Å². The minimum absolute atomic E-state index is 0.0245. The summed E-state index contributed by atoms with van der Waals surface area (Å²) in [5.41, 5.74) is -1.35. The summed E-state index contributed by atoms with van der Waals surface area (Å²) in [6.45, 7) is 2.03. The van der Waals surface area contributed by atoms with E-state index in [9.17, 15) is 32.5 Å². The van der Waals surface area contributed by atoms with Gasteiger partial charge in [-0.25, -0.2) is 13.6 Å². The van der Waals surface area contributed by atoms with Gasteiger partial charge in [-0.3, -0.25) is 10.1 Å². The lowest BCUT2D eigenvalue weighted by molar-refractivity contribution is -0.384. The number of unbranched alkanes of at least 4 members (excludes halogenated alkanes) is 6. The lowest BCUT2D eigenvalue weighted by Gasteiger charge is -2.13. The van der Waals surface area contributed by atoms with E-state index >= 15 is 0 Å². The third-order valence-corrected chi connectivity index (χ3v) is 5.88. The SMILES string of the molecule is CCCCCCCCCOc1c(F)c(F)c(-c2ccc(C(=O)Oc3ccc([N+](=O)[O-])cc3)cc2)c(F)c1F. The second kappa shape index (κ2) is 13.6. The highest BCUT2D eigenvalue weighted by molar-refractivity contribution is 5.91. The number of non-ortho nitro benzene ring substituents is 1. The first-order valence-corrected chi connectivity index (χ1v) is 12.3. The normalized spacial score (nSPS) is 10.9. The van der Waals surface area contributed by atoms with Gasteiger partial charge in [0.15, 0.2) is 17.4 Å². The largest absolute Gasteiger partial charge is 0.487 e. The minimum Gasteiger partial charge on any atom is -0.487 e. The molecule has 0 atom stereocenters. The van der Waals surface area contributed by atoms with Gasteiger partial charge in [0.1, 0.15) is 5.75 Å². The van der Waals surface area contributed by atoms with E-state index in [2.05, 4.69) is 6.92 Å². The second-order valence-corrected chi connectivity index (χ2v) is 8.65. The van der Waals surface area contributed by atoms with Crippen molar-refractivity contribution in [3.8, 4) is 22.6 Å². The fraction of sp³-hybridized carbons (Fsp3) is 0.321. The van der Waals surface area contributed by atoms with Crippen LogP contribution in [0.3, 0.4) is 0 Å². The van der Waals surface area contributed by atoms with E-state index in [4.69, 9.17) is 9.47 Å². The van der Waals surface area contributed by atoms with Crippen LogP contribution in [0.15, 0.2) is 48.5 Å². The number of carbonyl (C=O) groups excluding carboxylic acids is 1. The van der Waals surface area contributed by atoms with Crippen LogP contribution in [0.1, 0.15) is 62.2 Å². The lowest BCUT2D eigenvalue weighted by Crippen LogP contribution is -2.09. The Morgan fingerprint density at radius 2 is 1.34 bits per heavy atom. The number of ether oxygens (including phenoxy) is 2. The number of carbonyl (C=O) groups is 1. The summed E-state index contributed by atoms with van der Waals surface area (Å²) in [6, 6.07) is 9.35. The molecule has 0 unspecified atom stereocenters. The predicted molar refractivity (Wildman–Crippen MR) is 133 cm³/mol. The van der Waals surface area contributed by atoms with E-state index in [1.807, 2.05) is 0 Å². The zero-order valence-electron chi connectivity index (χ0n) is 20.8. The van der Waals surface area contributed by atoms with Crippen LogP contribution >= 0.6 is 0 Å². The zero-order chi connectivity index (χ0) is 27.7. The molecule has 3 rings (SSSR count). The van der Waals surface area contributed by atoms with Gasteiger partial charge in [-0.15, -0.1) is 0 Å². The first-order valence-electron chi connectivity index (χ1n) is 12.3. The van der Waals surface area contributed by atoms with Crippen LogP contribution in [0, 0.1) is 33.4 Å². The number of nitro groups is 1. The Kier molecular flexibility index (Phi) is 10.2. The molecule has 0 radical (unpaired) electrons. The summed E-state index contributed by atoms with van der Waals surface area (Å²) in [7, 11) is 0. The molecule has 0 saturated carbocycles. The van der Waals surface area contributed by atoms with Crippen LogP contribution in [0.25, 0.3) is 11.1 Å². The van der Waals surface area contributed by atoms with Gasteiger partial charge in [0, 0.05) is 12.1 Å². The maximum Gasteiger partial charge on any atom is 0.343 e. The lowest BCUT2D eigenvalue weighted by atomic mass is 10.0. The molecule has 0 aliphatic heterocycles. The first-order chi connectivity index (χ1) is 18.2. The molecule has 202 valence electrons. The van der Waals surface area contributed by atoms with Crippen LogP contribution in [-0.4, -0.2) is 17.5 Å². The number of nitrogens with zero attached hydrogens (tertiary/aromatic N) is 1. The molecular weight excluding hydrogens is 506 g/mol. The predicted octanol–water partition coefficient (Wildman–Crippen LogP) is 8.17. The highest BCUT2D eigenvalue weighted by atomic mass is 19.2. The second-order valence-electron chi connectivity index (χ2n) is 8.65. The zero-order valence-corrected chi connectivity index (χ0v) is 20.8. The van der Waals surface area contributed by atoms with Crippen molar-refractivity contribution < 1.29 is 36.8 Å². The monoisotopic (exact) mass is 533 g/mol. The van der Waals surface area contributed by atoms with Crippen LogP contribution in [-0.2, 0) is 0 Å². The molecular formula is C28H27F4NO5. The summed E-state index contributed by atoms with van der Waals surface area (Å²) in [5, 5.41) is 10.7. The van der Waals surface area contributed by atoms with Gasteiger partial charge < -0.3 is 9.47 Å². The Hall–Kier alpha value is -3.95. The van der Waals surface area contributed by atoms with Crippen molar-refractivity contribution in [1.29, 1.82) is 0 Å². The molecule has 0 aliphatic rings. The molecule has 0 N–H and O–H groups in total. The van der Waals surface area contributed by atoms with Gasteiger partial charge in [-0.1, -0.05) is 57.6 Å². The van der Waals surface area contributed by atoms with E-state index in [1.165, 1.54) is 24.3 Å². The molecule has 0 spiro atoms. The van der Waals surface area contributed by atoms with Crippen LogP contribution in [0.5, 0.6) is 11.5 Å². The highest BCUT2D eigenvalue weighted by Gasteiger charge is 2.27. The molecule has 0 aliphatic carbocycles. The number of rotatable bonds is 13. The number of hydrogen-bond donors (Lipinski definition) is 0. The molecule has 0 heterocycles. The van der Waals surface area contributed by atoms with Crippen molar-refractivity contribution in [2.75, 3.05) is 6.61 Å². The Morgan fingerprint density at radius 1 is 0.789 bits per heavy atom. The van der Waals surface area contributed by atoms with E-state index in [0.29, 0.717) is 6.42 Å². The number of halogens is 4. The summed E-state index contributed by atoms with van der Waals surface area (Å²) in [6.07, 6.45) is 6.63. The standard InChI is InChI=1S/C28H27F4NO5/c1-2-3-4-5-6-7-8-17-37-27-25(31)23(29)22(24(30)26(27)32)18-9-11-19(12-10-18)28(34)38-21-15-13-20(14-16-21)33(35)36/h9-16H,2-8,17H2,1H3. The van der Waals surface area contributed by atoms with E-state index in [1.54, 1.807) is 0 Å². The van der Waals surface area contributed by atoms with Crippen molar-refractivity contribution in [3.63, 3.8) is 0 Å². The molecule has 38 heavy (non-hydrogen) atoms. The van der Waals surface area contributed by atoms with E-state index < -0.39 is 45.5 Å². The summed E-state index contributed by atoms with van der Waals surface area (Å²) < 4.78 is 68.9. The fourth-order valence-electron chi connectivity index (χ4n) is 3.80. The smallest absolute Gasteiger partial charge is 0.343 e. The molecule has 0 bridgehead atoms. The van der Waals surface area contributed by atoms with E-state index in [-0.39, 0.29) is 29.2 Å². The molecule has 10 heteroatoms. The van der Waals surface area contributed by atoms with E-state index in [0.717, 1.165) is 62.8 Å². The Morgan fingerprint density at radius 3 is 1.89 bits per heavy atom. The Labute approximate surface area is 217 Å². The minimum atomic E-state index is -1.64. The number of benzene rings is 3. The maximum atomic E-state index is 14.8. The summed E-state index contributed by atoms with van der Waals surface area (Å²) >= 11 is 0. The molecule has 0 fully saturated rings. The van der Waals surface area contributed by atoms with Gasteiger partial charge >= 0.3 is 5.97 Å². The van der Waals surface area contributed by atoms with Gasteiger partial charge in [0.25, 0.3) is 5.69 Å². The maximum absolute atomic E-state index is 14.8. The van der Waals surface area contributed by atoms with Crippen LogP contribution in [0.2, 0.25) is 0 Å². The molecule has 3 aromatic rings. The Balaban J connectivity index is 1.67. The molecule has 0 amide bonds. The third kappa shape index (κ3) is 7.08. The van der Waals surface area contributed by atoms with Crippen molar-refractivity contribution >= 4 is 11.7 Å². The summed E-state index contributed by atoms with van der Waals surface area (Å²) in [4.78, 5) is 22.4. The summed E-state index contributed by atoms with van der Waals surface area (Å²) in [5.74, 6) is -8.40. The average molecular weight is 534 g/mol. The van der Waals surface area contributed by atoms with Gasteiger partial charge in [-0.2, -0.15) is 8.78 Å². The highest BCUT2D eigenvalue weighted by Crippen LogP contribution is 2.36. The van der Waals surface area contributed by atoms with Crippen molar-refractivity contribution in [3.05, 3.63) is 87.5 Å². The van der Waals surface area contributed by atoms with Gasteiger partial charge in [0.05, 0.1) is 22.7 Å².